The van der Waals surface area contributed by atoms with E-state index in [1.54, 1.807) is 0 Å². The van der Waals surface area contributed by atoms with Gasteiger partial charge in [0.05, 0.1) is 11.4 Å². The van der Waals surface area contributed by atoms with Gasteiger partial charge < -0.3 is 10.6 Å². The predicted octanol–water partition coefficient (Wildman–Crippen LogP) is 3.87. The van der Waals surface area contributed by atoms with E-state index >= 15 is 0 Å². The molecule has 0 fully saturated rings. The zero-order valence-corrected chi connectivity index (χ0v) is 11.4. The standard InChI is InChI=1S/C15H17ClN2/c1-11-13(16)8-9-14(17)15(11)18(2)10-12-6-4-3-5-7-12/h3-9H,10,17H2,1-2H3. The molecule has 94 valence electrons. The molecule has 2 aromatic carbocycles. The number of hydrogen-bond acceptors (Lipinski definition) is 2. The second-order valence-corrected chi connectivity index (χ2v) is 4.86. The number of nitrogen functional groups attached to an aromatic ring is 1. The van der Waals surface area contributed by atoms with Crippen LogP contribution in [0.3, 0.4) is 0 Å². The first kappa shape index (κ1) is 12.8. The molecule has 2 aromatic rings. The van der Waals surface area contributed by atoms with E-state index in [-0.39, 0.29) is 0 Å². The van der Waals surface area contributed by atoms with Gasteiger partial charge in [-0.15, -0.1) is 0 Å². The average Bonchev–Trinajstić information content (AvgIpc) is 2.36. The van der Waals surface area contributed by atoms with Crippen molar-refractivity contribution in [2.45, 2.75) is 13.5 Å². The van der Waals surface area contributed by atoms with E-state index in [0.29, 0.717) is 0 Å². The minimum Gasteiger partial charge on any atom is -0.397 e. The summed E-state index contributed by atoms with van der Waals surface area (Å²) in [5, 5.41) is 0.749. The molecule has 0 aromatic heterocycles. The van der Waals surface area contributed by atoms with Gasteiger partial charge in [-0.3, -0.25) is 0 Å². The Labute approximate surface area is 113 Å². The van der Waals surface area contributed by atoms with Crippen molar-refractivity contribution in [3.8, 4) is 0 Å². The highest BCUT2D eigenvalue weighted by Gasteiger charge is 2.11. The largest absolute Gasteiger partial charge is 0.397 e. The summed E-state index contributed by atoms with van der Waals surface area (Å²) in [6.45, 7) is 2.81. The maximum atomic E-state index is 6.15. The van der Waals surface area contributed by atoms with E-state index in [9.17, 15) is 0 Å². The van der Waals surface area contributed by atoms with E-state index < -0.39 is 0 Å². The molecule has 3 heteroatoms. The van der Waals surface area contributed by atoms with Crippen LogP contribution >= 0.6 is 11.6 Å². The van der Waals surface area contributed by atoms with Crippen molar-refractivity contribution in [1.82, 2.24) is 0 Å². The van der Waals surface area contributed by atoms with E-state index in [1.807, 2.05) is 44.3 Å². The van der Waals surface area contributed by atoms with Gasteiger partial charge in [0.2, 0.25) is 0 Å². The summed E-state index contributed by atoms with van der Waals surface area (Å²) >= 11 is 6.15. The van der Waals surface area contributed by atoms with Gasteiger partial charge in [0, 0.05) is 18.6 Å². The molecule has 0 bridgehead atoms. The van der Waals surface area contributed by atoms with Crippen LogP contribution in [0.4, 0.5) is 11.4 Å². The van der Waals surface area contributed by atoms with Crippen molar-refractivity contribution in [1.29, 1.82) is 0 Å². The minimum atomic E-state index is 0.749. The van der Waals surface area contributed by atoms with Gasteiger partial charge >= 0.3 is 0 Å². The lowest BCUT2D eigenvalue weighted by molar-refractivity contribution is 0.919. The summed E-state index contributed by atoms with van der Waals surface area (Å²) in [6.07, 6.45) is 0. The van der Waals surface area contributed by atoms with E-state index in [2.05, 4.69) is 17.0 Å². The van der Waals surface area contributed by atoms with Crippen LogP contribution in [0.25, 0.3) is 0 Å². The fourth-order valence-corrected chi connectivity index (χ4v) is 2.29. The topological polar surface area (TPSA) is 29.3 Å². The summed E-state index contributed by atoms with van der Waals surface area (Å²) < 4.78 is 0. The van der Waals surface area contributed by atoms with Gasteiger partial charge in [-0.1, -0.05) is 41.9 Å². The van der Waals surface area contributed by atoms with E-state index in [4.69, 9.17) is 17.3 Å². The average molecular weight is 261 g/mol. The molecule has 0 unspecified atom stereocenters. The molecule has 0 atom stereocenters. The number of nitrogens with two attached hydrogens (primary N) is 1. The predicted molar refractivity (Wildman–Crippen MR) is 79.2 cm³/mol. The molecule has 18 heavy (non-hydrogen) atoms. The highest BCUT2D eigenvalue weighted by Crippen LogP contribution is 2.32. The first-order chi connectivity index (χ1) is 8.59. The van der Waals surface area contributed by atoms with E-state index in [0.717, 1.165) is 28.5 Å². The van der Waals surface area contributed by atoms with Crippen LogP contribution < -0.4 is 10.6 Å². The molecule has 2 nitrogen and oxygen atoms in total. The molecular formula is C15H17ClN2. The summed E-state index contributed by atoms with van der Waals surface area (Å²) in [6, 6.07) is 14.0. The quantitative estimate of drug-likeness (QED) is 0.849. The van der Waals surface area contributed by atoms with Crippen LogP contribution in [-0.2, 0) is 6.54 Å². The van der Waals surface area contributed by atoms with Gasteiger partial charge in [-0.05, 0) is 30.2 Å². The molecule has 0 amide bonds. The Kier molecular flexibility index (Phi) is 3.78. The maximum Gasteiger partial charge on any atom is 0.0645 e. The Hall–Kier alpha value is -1.67. The van der Waals surface area contributed by atoms with Crippen molar-refractivity contribution in [3.05, 3.63) is 58.6 Å². The third kappa shape index (κ3) is 2.59. The number of halogens is 1. The molecule has 0 saturated carbocycles. The lowest BCUT2D eigenvalue weighted by atomic mass is 10.1. The van der Waals surface area contributed by atoms with Crippen LogP contribution in [0, 0.1) is 6.92 Å². The number of nitrogens with zero attached hydrogens (tertiary/aromatic N) is 1. The lowest BCUT2D eigenvalue weighted by Crippen LogP contribution is -2.19. The summed E-state index contributed by atoms with van der Waals surface area (Å²) in [5.74, 6) is 0. The first-order valence-electron chi connectivity index (χ1n) is 5.89. The second kappa shape index (κ2) is 5.32. The zero-order valence-electron chi connectivity index (χ0n) is 10.7. The molecular weight excluding hydrogens is 244 g/mol. The molecule has 0 spiro atoms. The molecule has 0 heterocycles. The molecule has 2 rings (SSSR count). The Bertz CT molecular complexity index is 538. The van der Waals surface area contributed by atoms with Crippen molar-refractivity contribution >= 4 is 23.0 Å². The molecule has 0 aliphatic rings. The van der Waals surface area contributed by atoms with Gasteiger partial charge in [-0.2, -0.15) is 0 Å². The number of hydrogen-bond donors (Lipinski definition) is 1. The first-order valence-corrected chi connectivity index (χ1v) is 6.27. The molecule has 2 N–H and O–H groups in total. The highest BCUT2D eigenvalue weighted by atomic mass is 35.5. The van der Waals surface area contributed by atoms with Crippen molar-refractivity contribution in [2.75, 3.05) is 17.7 Å². The molecule has 0 saturated heterocycles. The fraction of sp³-hybridized carbons (Fsp3) is 0.200. The van der Waals surface area contributed by atoms with Gasteiger partial charge in [0.1, 0.15) is 0 Å². The minimum absolute atomic E-state index is 0.749. The number of anilines is 2. The zero-order chi connectivity index (χ0) is 13.1. The fourth-order valence-electron chi connectivity index (χ4n) is 2.14. The normalized spacial score (nSPS) is 10.4. The smallest absolute Gasteiger partial charge is 0.0645 e. The lowest BCUT2D eigenvalue weighted by Gasteiger charge is -2.24. The molecule has 0 radical (unpaired) electrons. The number of rotatable bonds is 3. The van der Waals surface area contributed by atoms with Gasteiger partial charge in [0.15, 0.2) is 0 Å². The van der Waals surface area contributed by atoms with Crippen LogP contribution in [0.2, 0.25) is 5.02 Å². The van der Waals surface area contributed by atoms with Gasteiger partial charge in [0.25, 0.3) is 0 Å². The monoisotopic (exact) mass is 260 g/mol. The summed E-state index contributed by atoms with van der Waals surface area (Å²) in [4.78, 5) is 2.13. The summed E-state index contributed by atoms with van der Waals surface area (Å²) in [5.41, 5.74) is 10.1. The van der Waals surface area contributed by atoms with Crippen LogP contribution in [0.15, 0.2) is 42.5 Å². The van der Waals surface area contributed by atoms with E-state index in [1.165, 1.54) is 5.56 Å². The Morgan fingerprint density at radius 1 is 1.11 bits per heavy atom. The van der Waals surface area contributed by atoms with Crippen molar-refractivity contribution in [2.24, 2.45) is 0 Å². The maximum absolute atomic E-state index is 6.15. The Balaban J connectivity index is 2.29. The summed E-state index contributed by atoms with van der Waals surface area (Å²) in [7, 11) is 2.03. The number of benzene rings is 2. The van der Waals surface area contributed by atoms with Crippen molar-refractivity contribution < 1.29 is 0 Å². The van der Waals surface area contributed by atoms with Crippen LogP contribution in [0.1, 0.15) is 11.1 Å². The third-order valence-corrected chi connectivity index (χ3v) is 3.45. The Morgan fingerprint density at radius 2 is 1.78 bits per heavy atom. The van der Waals surface area contributed by atoms with Gasteiger partial charge in [-0.25, -0.2) is 0 Å². The highest BCUT2D eigenvalue weighted by molar-refractivity contribution is 6.31. The van der Waals surface area contributed by atoms with Crippen molar-refractivity contribution in [3.63, 3.8) is 0 Å². The Morgan fingerprint density at radius 3 is 2.44 bits per heavy atom. The van der Waals surface area contributed by atoms with Crippen LogP contribution in [0.5, 0.6) is 0 Å². The molecule has 0 aliphatic carbocycles. The third-order valence-electron chi connectivity index (χ3n) is 3.04. The van der Waals surface area contributed by atoms with Crippen LogP contribution in [-0.4, -0.2) is 7.05 Å². The SMILES string of the molecule is Cc1c(Cl)ccc(N)c1N(C)Cc1ccccc1. The molecule has 0 aliphatic heterocycles. The second-order valence-electron chi connectivity index (χ2n) is 4.45.